The van der Waals surface area contributed by atoms with Gasteiger partial charge in [0.1, 0.15) is 11.5 Å². The average Bonchev–Trinajstić information content (AvgIpc) is 3.93. The molecule has 68 heavy (non-hydrogen) atoms. The van der Waals surface area contributed by atoms with Crippen LogP contribution in [0.5, 0.6) is 0 Å². The maximum absolute atomic E-state index is 14.8. The number of aryl methyl sites for hydroxylation is 1. The lowest BCUT2D eigenvalue weighted by molar-refractivity contribution is -0.137. The molecule has 12 nitrogen and oxygen atoms in total. The SMILES string of the molecule is CC(C)(C)[Si](OCCCc1cc2c(o1)[C@H]1N(C(=O)CCCCOCc3ccccc3)[C@H](COCc3ccccc3)C[C@@]1(COS(C)(=O)=O)[C@@H]2CCOS(C)(=O)=O)(c1ccccc1)c1ccccc1. The zero-order valence-electron chi connectivity index (χ0n) is 40.0. The molecule has 0 saturated carbocycles. The number of likely N-dealkylation sites (tertiary alicyclic amines) is 1. The highest BCUT2D eigenvalue weighted by Gasteiger charge is 2.65. The van der Waals surface area contributed by atoms with Crippen LogP contribution in [-0.4, -0.2) is 87.5 Å². The number of fused-ring (bicyclic) bond motifs is 3. The molecule has 0 radical (unpaired) electrons. The molecule has 4 aromatic carbocycles. The van der Waals surface area contributed by atoms with Crippen molar-refractivity contribution in [2.24, 2.45) is 5.41 Å². The molecule has 5 aromatic rings. The summed E-state index contributed by atoms with van der Waals surface area (Å²) in [5, 5.41) is 2.18. The highest BCUT2D eigenvalue weighted by atomic mass is 32.2. The highest BCUT2D eigenvalue weighted by Crippen LogP contribution is 2.66. The highest BCUT2D eigenvalue weighted by molar-refractivity contribution is 7.86. The first-order valence-electron chi connectivity index (χ1n) is 23.6. The molecule has 1 fully saturated rings. The van der Waals surface area contributed by atoms with Crippen LogP contribution in [0.25, 0.3) is 0 Å². The minimum absolute atomic E-state index is 0.122. The molecule has 0 bridgehead atoms. The Morgan fingerprint density at radius 3 is 1.84 bits per heavy atom. The number of nitrogens with zero attached hydrogens (tertiary/aromatic N) is 1. The second-order valence-electron chi connectivity index (χ2n) is 19.3. The predicted octanol–water partition coefficient (Wildman–Crippen LogP) is 8.46. The van der Waals surface area contributed by atoms with Crippen molar-refractivity contribution in [2.45, 2.75) is 102 Å². The van der Waals surface area contributed by atoms with Crippen LogP contribution in [0.15, 0.2) is 132 Å². The largest absolute Gasteiger partial charge is 0.464 e. The number of ether oxygens (including phenoxy) is 2. The fourth-order valence-corrected chi connectivity index (χ4v) is 15.9. The van der Waals surface area contributed by atoms with Crippen molar-refractivity contribution in [3.05, 3.63) is 156 Å². The summed E-state index contributed by atoms with van der Waals surface area (Å²) in [6, 6.07) is 41.5. The van der Waals surface area contributed by atoms with E-state index in [1.54, 1.807) is 0 Å². The molecule has 1 aromatic heterocycles. The van der Waals surface area contributed by atoms with Gasteiger partial charge in [-0.3, -0.25) is 13.2 Å². The van der Waals surface area contributed by atoms with Crippen molar-refractivity contribution in [1.82, 2.24) is 4.90 Å². The summed E-state index contributed by atoms with van der Waals surface area (Å²) in [5.41, 5.74) is 1.83. The Balaban J connectivity index is 1.18. The first-order chi connectivity index (χ1) is 32.5. The Morgan fingerprint density at radius 2 is 1.28 bits per heavy atom. The standard InChI is InChI=1S/C53H67NO11S2Si/c1-52(2,3)68(45-26-14-8-15-27-45,46-28-16-9-17-29-46)64-33-20-25-44-35-47-48(31-34-62-66(4,56)57)53(40-63-67(5,58)59)36-43(39-61-38-42-23-12-7-13-24-42)54(51(53)50(47)65-44)49(55)30-18-19-32-60-37-41-21-10-6-11-22-41/h6-17,21-24,26-29,35,43,48,51H,18-20,25,30-34,36-40H2,1-5H3/t43-,48+,51+,53+/m0/s1. The molecule has 1 aliphatic carbocycles. The van der Waals surface area contributed by atoms with Crippen LogP contribution in [0.1, 0.15) is 99.5 Å². The van der Waals surface area contributed by atoms with E-state index in [1.165, 1.54) is 10.4 Å². The molecule has 1 aliphatic heterocycles. The number of hydrogen-bond acceptors (Lipinski definition) is 11. The first kappa shape index (κ1) is 51.4. The third-order valence-corrected chi connectivity index (χ3v) is 19.5. The molecule has 2 heterocycles. The Kier molecular flexibility index (Phi) is 17.0. The zero-order chi connectivity index (χ0) is 48.4. The van der Waals surface area contributed by atoms with Gasteiger partial charge in [-0.05, 0) is 70.3 Å². The summed E-state index contributed by atoms with van der Waals surface area (Å²) in [4.78, 5) is 16.7. The predicted molar refractivity (Wildman–Crippen MR) is 266 cm³/mol. The summed E-state index contributed by atoms with van der Waals surface area (Å²) in [6.45, 7) is 8.24. The molecular weight excluding hydrogens is 919 g/mol. The number of furan rings is 1. The average molecular weight is 986 g/mol. The van der Waals surface area contributed by atoms with Gasteiger partial charge in [-0.1, -0.05) is 142 Å². The number of benzene rings is 4. The number of amides is 1. The topological polar surface area (TPSA) is 148 Å². The second-order valence-corrected chi connectivity index (χ2v) is 26.9. The molecule has 2 aliphatic rings. The number of hydrogen-bond donors (Lipinski definition) is 0. The van der Waals surface area contributed by atoms with Crippen LogP contribution in [0.4, 0.5) is 0 Å². The summed E-state index contributed by atoms with van der Waals surface area (Å²) in [5.74, 6) is 0.639. The van der Waals surface area contributed by atoms with Gasteiger partial charge in [0.2, 0.25) is 5.91 Å². The van der Waals surface area contributed by atoms with Crippen molar-refractivity contribution >= 4 is 44.8 Å². The Labute approximate surface area is 404 Å². The molecule has 1 saturated heterocycles. The second kappa shape index (κ2) is 22.5. The van der Waals surface area contributed by atoms with E-state index >= 15 is 0 Å². The van der Waals surface area contributed by atoms with Gasteiger partial charge in [0.25, 0.3) is 28.6 Å². The van der Waals surface area contributed by atoms with Crippen LogP contribution in [0.2, 0.25) is 5.04 Å². The minimum Gasteiger partial charge on any atom is -0.464 e. The maximum Gasteiger partial charge on any atom is 0.264 e. The van der Waals surface area contributed by atoms with Crippen molar-refractivity contribution in [3.63, 3.8) is 0 Å². The maximum atomic E-state index is 14.8. The van der Waals surface area contributed by atoms with Crippen molar-refractivity contribution in [3.8, 4) is 0 Å². The molecule has 0 spiro atoms. The smallest absolute Gasteiger partial charge is 0.264 e. The van der Waals surface area contributed by atoms with Gasteiger partial charge in [0, 0.05) is 37.4 Å². The van der Waals surface area contributed by atoms with E-state index in [4.69, 9.17) is 26.7 Å². The van der Waals surface area contributed by atoms with Crippen LogP contribution >= 0.6 is 0 Å². The van der Waals surface area contributed by atoms with E-state index in [1.807, 2.05) is 83.8 Å². The van der Waals surface area contributed by atoms with Crippen molar-refractivity contribution in [2.75, 3.05) is 45.5 Å². The number of carbonyl (C=O) groups excluding carboxylic acids is 1. The van der Waals surface area contributed by atoms with Crippen molar-refractivity contribution in [1.29, 1.82) is 0 Å². The Hall–Kier alpha value is -4.45. The van der Waals surface area contributed by atoms with Gasteiger partial charge in [-0.15, -0.1) is 0 Å². The van der Waals surface area contributed by atoms with Gasteiger partial charge in [0.15, 0.2) is 0 Å². The normalized spacial score (nSPS) is 19.5. The fraction of sp³-hybridized carbons (Fsp3) is 0.453. The summed E-state index contributed by atoms with van der Waals surface area (Å²) in [6.07, 6.45) is 5.15. The quantitative estimate of drug-likeness (QED) is 0.0315. The molecule has 15 heteroatoms. The van der Waals surface area contributed by atoms with Crippen LogP contribution in [0, 0.1) is 5.41 Å². The lowest BCUT2D eigenvalue weighted by Crippen LogP contribution is -2.66. The third kappa shape index (κ3) is 12.5. The molecule has 1 amide bonds. The van der Waals surface area contributed by atoms with Crippen LogP contribution in [0.3, 0.4) is 0 Å². The van der Waals surface area contributed by atoms with E-state index in [0.717, 1.165) is 29.2 Å². The van der Waals surface area contributed by atoms with Gasteiger partial charge < -0.3 is 23.2 Å². The van der Waals surface area contributed by atoms with Crippen LogP contribution < -0.4 is 10.4 Å². The van der Waals surface area contributed by atoms with Gasteiger partial charge in [-0.2, -0.15) is 16.8 Å². The van der Waals surface area contributed by atoms with E-state index in [9.17, 15) is 21.6 Å². The van der Waals surface area contributed by atoms with E-state index in [0.29, 0.717) is 70.1 Å². The first-order valence-corrected chi connectivity index (χ1v) is 29.2. The number of rotatable bonds is 25. The summed E-state index contributed by atoms with van der Waals surface area (Å²) < 4.78 is 87.7. The molecule has 0 N–H and O–H groups in total. The number of unbranched alkanes of at least 4 members (excludes halogenated alkanes) is 1. The molecule has 0 unspecified atom stereocenters. The van der Waals surface area contributed by atoms with E-state index < -0.39 is 52.0 Å². The van der Waals surface area contributed by atoms with E-state index in [2.05, 4.69) is 69.3 Å². The molecule has 4 atom stereocenters. The molecular formula is C53H67NO11S2Si. The monoisotopic (exact) mass is 985 g/mol. The minimum atomic E-state index is -3.95. The number of carbonyl (C=O) groups is 1. The molecule has 7 rings (SSSR count). The van der Waals surface area contributed by atoms with Gasteiger partial charge in [-0.25, -0.2) is 0 Å². The van der Waals surface area contributed by atoms with Crippen molar-refractivity contribution < 1.29 is 48.3 Å². The zero-order valence-corrected chi connectivity index (χ0v) is 42.6. The Morgan fingerprint density at radius 1 is 0.721 bits per heavy atom. The summed E-state index contributed by atoms with van der Waals surface area (Å²) >= 11 is 0. The lowest BCUT2D eigenvalue weighted by atomic mass is 9.71. The Bertz CT molecular complexity index is 2570. The van der Waals surface area contributed by atoms with Crippen LogP contribution in [-0.2, 0) is 66.9 Å². The summed E-state index contributed by atoms with van der Waals surface area (Å²) in [7, 11) is -10.6. The van der Waals surface area contributed by atoms with Gasteiger partial charge in [0.05, 0.1) is 57.6 Å². The molecule has 366 valence electrons. The van der Waals surface area contributed by atoms with Gasteiger partial charge >= 0.3 is 0 Å². The third-order valence-electron chi connectivity index (χ3n) is 13.3. The lowest BCUT2D eigenvalue weighted by Gasteiger charge is -2.43. The fourth-order valence-electron chi connectivity index (χ4n) is 10.4. The van der Waals surface area contributed by atoms with E-state index in [-0.39, 0.29) is 43.6 Å².